The number of carbonyl (C=O) groups excluding carboxylic acids is 1. The van der Waals surface area contributed by atoms with Crippen LogP contribution in [0, 0.1) is 0 Å². The first-order valence-electron chi connectivity index (χ1n) is 9.53. The monoisotopic (exact) mass is 492 g/mol. The van der Waals surface area contributed by atoms with Crippen LogP contribution in [-0.2, 0) is 17.9 Å². The zero-order valence-corrected chi connectivity index (χ0v) is 18.9. The molecule has 6 heteroatoms. The average molecular weight is 492 g/mol. The van der Waals surface area contributed by atoms with Crippen LogP contribution < -0.4 is 10.6 Å². The van der Waals surface area contributed by atoms with Gasteiger partial charge in [0, 0.05) is 33.1 Å². The van der Waals surface area contributed by atoms with Crippen molar-refractivity contribution >= 4 is 35.8 Å². The molecule has 2 aromatic rings. The lowest BCUT2D eigenvalue weighted by Crippen LogP contribution is -2.38. The van der Waals surface area contributed by atoms with Crippen molar-refractivity contribution in [3.8, 4) is 0 Å². The molecular formula is C22H29IN4O. The number of aliphatic imine (C=N–C) groups is 1. The Morgan fingerprint density at radius 1 is 1.14 bits per heavy atom. The molecule has 1 atom stereocenters. The molecule has 28 heavy (non-hydrogen) atoms. The van der Waals surface area contributed by atoms with Gasteiger partial charge in [-0.3, -0.25) is 9.79 Å². The fourth-order valence-electron chi connectivity index (χ4n) is 3.34. The van der Waals surface area contributed by atoms with E-state index in [-0.39, 0.29) is 35.9 Å². The Morgan fingerprint density at radius 3 is 2.57 bits per heavy atom. The van der Waals surface area contributed by atoms with E-state index in [0.717, 1.165) is 18.9 Å². The van der Waals surface area contributed by atoms with Gasteiger partial charge in [0.25, 0.3) is 0 Å². The lowest BCUT2D eigenvalue weighted by Gasteiger charge is -2.19. The molecule has 0 saturated carbocycles. The highest BCUT2D eigenvalue weighted by Crippen LogP contribution is 2.15. The van der Waals surface area contributed by atoms with Crippen molar-refractivity contribution in [2.75, 3.05) is 13.6 Å². The number of hydrogen-bond acceptors (Lipinski definition) is 2. The first kappa shape index (κ1) is 22.2. The Morgan fingerprint density at radius 2 is 1.89 bits per heavy atom. The van der Waals surface area contributed by atoms with Crippen molar-refractivity contribution in [1.82, 2.24) is 15.5 Å². The van der Waals surface area contributed by atoms with Crippen molar-refractivity contribution < 1.29 is 4.79 Å². The number of hydrogen-bond donors (Lipinski definition) is 2. The van der Waals surface area contributed by atoms with Crippen molar-refractivity contribution in [3.05, 3.63) is 71.3 Å². The van der Waals surface area contributed by atoms with Crippen molar-refractivity contribution in [3.63, 3.8) is 0 Å². The van der Waals surface area contributed by atoms with Crippen LogP contribution in [0.15, 0.2) is 59.6 Å². The summed E-state index contributed by atoms with van der Waals surface area (Å²) in [6, 6.07) is 18.9. The van der Waals surface area contributed by atoms with Crippen LogP contribution >= 0.6 is 24.0 Å². The second-order valence-corrected chi connectivity index (χ2v) is 6.94. The first-order valence-corrected chi connectivity index (χ1v) is 9.53. The SMILES string of the molecule is CN=C(NCc1cccc(CN2CCCC2=O)c1)NC(C)c1ccccc1.I. The second-order valence-electron chi connectivity index (χ2n) is 6.94. The third-order valence-electron chi connectivity index (χ3n) is 4.87. The number of halogens is 1. The smallest absolute Gasteiger partial charge is 0.222 e. The van der Waals surface area contributed by atoms with Gasteiger partial charge in [0.2, 0.25) is 5.91 Å². The molecule has 0 radical (unpaired) electrons. The standard InChI is InChI=1S/C22H28N4O.HI/c1-17(20-10-4-3-5-11-20)25-22(23-2)24-15-18-8-6-9-19(14-18)16-26-13-7-12-21(26)27;/h3-6,8-11,14,17H,7,12-13,15-16H2,1-2H3,(H2,23,24,25);1H. The van der Waals surface area contributed by atoms with Gasteiger partial charge in [-0.1, -0.05) is 54.6 Å². The molecule has 1 unspecified atom stereocenters. The van der Waals surface area contributed by atoms with Gasteiger partial charge in [-0.25, -0.2) is 0 Å². The number of likely N-dealkylation sites (tertiary alicyclic amines) is 1. The summed E-state index contributed by atoms with van der Waals surface area (Å²) in [4.78, 5) is 18.1. The maximum absolute atomic E-state index is 11.8. The topological polar surface area (TPSA) is 56.7 Å². The molecule has 0 spiro atoms. The molecule has 2 aromatic carbocycles. The Labute approximate surface area is 184 Å². The van der Waals surface area contributed by atoms with Crippen LogP contribution in [0.5, 0.6) is 0 Å². The van der Waals surface area contributed by atoms with E-state index in [1.807, 2.05) is 23.1 Å². The highest BCUT2D eigenvalue weighted by molar-refractivity contribution is 14.0. The lowest BCUT2D eigenvalue weighted by molar-refractivity contribution is -0.128. The van der Waals surface area contributed by atoms with Gasteiger partial charge in [0.05, 0.1) is 6.04 Å². The fourth-order valence-corrected chi connectivity index (χ4v) is 3.34. The van der Waals surface area contributed by atoms with Gasteiger partial charge in [0.15, 0.2) is 5.96 Å². The second kappa shape index (κ2) is 11.0. The van der Waals surface area contributed by atoms with E-state index in [1.54, 1.807) is 7.05 Å². The predicted octanol–water partition coefficient (Wildman–Crippen LogP) is 3.85. The normalized spacial score (nSPS) is 15.1. The molecule has 1 fully saturated rings. The van der Waals surface area contributed by atoms with E-state index in [9.17, 15) is 4.79 Å². The molecular weight excluding hydrogens is 463 g/mol. The zero-order valence-electron chi connectivity index (χ0n) is 16.5. The highest BCUT2D eigenvalue weighted by atomic mass is 127. The van der Waals surface area contributed by atoms with E-state index in [4.69, 9.17) is 0 Å². The molecule has 3 rings (SSSR count). The minimum atomic E-state index is 0. The molecule has 0 aromatic heterocycles. The minimum absolute atomic E-state index is 0. The third kappa shape index (κ3) is 6.22. The summed E-state index contributed by atoms with van der Waals surface area (Å²) in [5, 5.41) is 6.79. The summed E-state index contributed by atoms with van der Waals surface area (Å²) in [5.74, 6) is 1.03. The maximum atomic E-state index is 11.8. The van der Waals surface area contributed by atoms with Gasteiger partial charge < -0.3 is 15.5 Å². The van der Waals surface area contributed by atoms with Gasteiger partial charge in [-0.2, -0.15) is 0 Å². The van der Waals surface area contributed by atoms with E-state index in [1.165, 1.54) is 16.7 Å². The summed E-state index contributed by atoms with van der Waals surface area (Å²) in [6.45, 7) is 4.37. The Kier molecular flexibility index (Phi) is 8.76. The molecule has 0 bridgehead atoms. The van der Waals surface area contributed by atoms with E-state index in [0.29, 0.717) is 19.5 Å². The Bertz CT molecular complexity index is 794. The van der Waals surface area contributed by atoms with E-state index >= 15 is 0 Å². The molecule has 1 aliphatic rings. The Hall–Kier alpha value is -2.09. The summed E-state index contributed by atoms with van der Waals surface area (Å²) in [5.41, 5.74) is 3.57. The lowest BCUT2D eigenvalue weighted by atomic mass is 10.1. The summed E-state index contributed by atoms with van der Waals surface area (Å²) < 4.78 is 0. The number of guanidine groups is 1. The van der Waals surface area contributed by atoms with Crippen LogP contribution in [0.3, 0.4) is 0 Å². The summed E-state index contributed by atoms with van der Waals surface area (Å²) >= 11 is 0. The predicted molar refractivity (Wildman–Crippen MR) is 125 cm³/mol. The molecule has 2 N–H and O–H groups in total. The van der Waals surface area contributed by atoms with Crippen LogP contribution in [0.25, 0.3) is 0 Å². The van der Waals surface area contributed by atoms with Crippen LogP contribution in [0.2, 0.25) is 0 Å². The largest absolute Gasteiger partial charge is 0.352 e. The highest BCUT2D eigenvalue weighted by Gasteiger charge is 2.19. The third-order valence-corrected chi connectivity index (χ3v) is 4.87. The fraction of sp³-hybridized carbons (Fsp3) is 0.364. The number of amides is 1. The number of nitrogens with zero attached hydrogens (tertiary/aromatic N) is 2. The quantitative estimate of drug-likeness (QED) is 0.366. The molecule has 150 valence electrons. The first-order chi connectivity index (χ1) is 13.2. The molecule has 5 nitrogen and oxygen atoms in total. The number of rotatable bonds is 6. The number of nitrogens with one attached hydrogen (secondary N) is 2. The minimum Gasteiger partial charge on any atom is -0.352 e. The van der Waals surface area contributed by atoms with Crippen molar-refractivity contribution in [2.24, 2.45) is 4.99 Å². The maximum Gasteiger partial charge on any atom is 0.222 e. The zero-order chi connectivity index (χ0) is 19.1. The van der Waals surface area contributed by atoms with Crippen LogP contribution in [0.1, 0.15) is 42.5 Å². The van der Waals surface area contributed by atoms with Crippen molar-refractivity contribution in [2.45, 2.75) is 38.9 Å². The molecule has 1 saturated heterocycles. The van der Waals surface area contributed by atoms with Crippen LogP contribution in [0.4, 0.5) is 0 Å². The van der Waals surface area contributed by atoms with Gasteiger partial charge in [-0.05, 0) is 30.0 Å². The van der Waals surface area contributed by atoms with Gasteiger partial charge in [-0.15, -0.1) is 24.0 Å². The molecule has 1 heterocycles. The molecule has 1 amide bonds. The summed E-state index contributed by atoms with van der Waals surface area (Å²) in [6.07, 6.45) is 1.66. The molecule has 0 aliphatic carbocycles. The van der Waals surface area contributed by atoms with Crippen LogP contribution in [-0.4, -0.2) is 30.4 Å². The van der Waals surface area contributed by atoms with Gasteiger partial charge >= 0.3 is 0 Å². The van der Waals surface area contributed by atoms with E-state index < -0.39 is 0 Å². The Balaban J connectivity index is 0.00000280. The average Bonchev–Trinajstić information content (AvgIpc) is 3.10. The van der Waals surface area contributed by atoms with Gasteiger partial charge in [0.1, 0.15) is 0 Å². The number of benzene rings is 2. The summed E-state index contributed by atoms with van der Waals surface area (Å²) in [7, 11) is 1.78. The van der Waals surface area contributed by atoms with E-state index in [2.05, 4.69) is 58.9 Å². The number of carbonyl (C=O) groups is 1. The molecule has 1 aliphatic heterocycles. The van der Waals surface area contributed by atoms with Crippen molar-refractivity contribution in [1.29, 1.82) is 0 Å².